The summed E-state index contributed by atoms with van der Waals surface area (Å²) in [5.74, 6) is -0.955. The number of hydrogen-bond donors (Lipinski definition) is 2. The van der Waals surface area contributed by atoms with E-state index in [-0.39, 0.29) is 17.9 Å². The van der Waals surface area contributed by atoms with Gasteiger partial charge in [0, 0.05) is 6.54 Å². The normalized spacial score (nSPS) is 10.5. The molecule has 0 amide bonds. The largest absolute Gasteiger partial charge is 0.478 e. The Hall–Kier alpha value is -2.14. The average Bonchev–Trinajstić information content (AvgIpc) is 2.77. The molecule has 0 saturated heterocycles. The zero-order chi connectivity index (χ0) is 13.0. The van der Waals surface area contributed by atoms with E-state index in [0.29, 0.717) is 12.3 Å². The molecule has 0 atom stereocenters. The quantitative estimate of drug-likeness (QED) is 0.854. The van der Waals surface area contributed by atoms with Crippen LogP contribution in [0.15, 0.2) is 41.0 Å². The highest BCUT2D eigenvalue weighted by Crippen LogP contribution is 2.10. The van der Waals surface area contributed by atoms with Crippen molar-refractivity contribution in [1.29, 1.82) is 0 Å². The van der Waals surface area contributed by atoms with E-state index in [9.17, 15) is 9.18 Å². The maximum Gasteiger partial charge on any atom is 0.339 e. The Balaban J connectivity index is 1.92. The third-order valence-electron chi connectivity index (χ3n) is 2.48. The summed E-state index contributed by atoms with van der Waals surface area (Å²) in [4.78, 5) is 10.8. The van der Waals surface area contributed by atoms with Gasteiger partial charge in [-0.25, -0.2) is 9.18 Å². The molecule has 0 radical (unpaired) electrons. The van der Waals surface area contributed by atoms with Crippen molar-refractivity contribution >= 4 is 5.97 Å². The number of aromatic carboxylic acids is 1. The fraction of sp³-hybridized carbons (Fsp3) is 0.154. The maximum absolute atomic E-state index is 12.9. The van der Waals surface area contributed by atoms with Crippen LogP contribution >= 0.6 is 0 Å². The number of furan rings is 1. The molecule has 2 rings (SSSR count). The van der Waals surface area contributed by atoms with Gasteiger partial charge in [-0.2, -0.15) is 0 Å². The van der Waals surface area contributed by atoms with Crippen molar-refractivity contribution in [2.24, 2.45) is 0 Å². The minimum atomic E-state index is -1.02. The smallest absolute Gasteiger partial charge is 0.339 e. The molecule has 0 saturated carbocycles. The van der Waals surface area contributed by atoms with Gasteiger partial charge in [0.05, 0.1) is 12.8 Å². The summed E-state index contributed by atoms with van der Waals surface area (Å²) in [7, 11) is 0. The number of nitrogens with one attached hydrogen (secondary N) is 1. The first-order valence-electron chi connectivity index (χ1n) is 5.41. The third kappa shape index (κ3) is 2.95. The summed E-state index contributed by atoms with van der Waals surface area (Å²) in [5.41, 5.74) is 0.931. The maximum atomic E-state index is 12.9. The van der Waals surface area contributed by atoms with E-state index in [0.717, 1.165) is 5.56 Å². The molecule has 2 aromatic rings. The van der Waals surface area contributed by atoms with Crippen molar-refractivity contribution in [2.45, 2.75) is 13.1 Å². The number of rotatable bonds is 5. The zero-order valence-electron chi connectivity index (χ0n) is 9.52. The van der Waals surface area contributed by atoms with Gasteiger partial charge in [-0.15, -0.1) is 0 Å². The van der Waals surface area contributed by atoms with E-state index in [1.54, 1.807) is 12.1 Å². The minimum absolute atomic E-state index is 0.141. The van der Waals surface area contributed by atoms with Crippen LogP contribution < -0.4 is 5.32 Å². The molecule has 0 aliphatic heterocycles. The summed E-state index contributed by atoms with van der Waals surface area (Å²) >= 11 is 0. The van der Waals surface area contributed by atoms with Crippen LogP contribution in [-0.4, -0.2) is 11.1 Å². The predicted molar refractivity (Wildman–Crippen MR) is 62.6 cm³/mol. The van der Waals surface area contributed by atoms with Gasteiger partial charge >= 0.3 is 5.97 Å². The van der Waals surface area contributed by atoms with E-state index in [4.69, 9.17) is 9.52 Å². The second kappa shape index (κ2) is 5.46. The second-order valence-corrected chi connectivity index (χ2v) is 3.80. The molecule has 1 aromatic heterocycles. The number of carbonyl (C=O) groups is 1. The van der Waals surface area contributed by atoms with Gasteiger partial charge in [0.1, 0.15) is 17.1 Å². The predicted octanol–water partition coefficient (Wildman–Crippen LogP) is 2.41. The summed E-state index contributed by atoms with van der Waals surface area (Å²) in [5, 5.41) is 11.9. The van der Waals surface area contributed by atoms with Crippen molar-refractivity contribution in [3.63, 3.8) is 0 Å². The Morgan fingerprint density at radius 2 is 2.17 bits per heavy atom. The highest BCUT2D eigenvalue weighted by molar-refractivity contribution is 5.88. The number of carboxylic acid groups (broad SMARTS) is 1. The molecule has 4 nitrogen and oxygen atoms in total. The SMILES string of the molecule is O=C(O)c1ccoc1CNCc1cccc(F)c1. The molecular formula is C13H12FNO3. The van der Waals surface area contributed by atoms with E-state index in [2.05, 4.69) is 5.32 Å². The number of halogens is 1. The monoisotopic (exact) mass is 249 g/mol. The first-order valence-corrected chi connectivity index (χ1v) is 5.41. The van der Waals surface area contributed by atoms with Crippen molar-refractivity contribution in [2.75, 3.05) is 0 Å². The van der Waals surface area contributed by atoms with Crippen molar-refractivity contribution < 1.29 is 18.7 Å². The van der Waals surface area contributed by atoms with E-state index >= 15 is 0 Å². The molecule has 0 aliphatic rings. The number of carboxylic acids is 1. The van der Waals surface area contributed by atoms with Crippen LogP contribution in [0.25, 0.3) is 0 Å². The fourth-order valence-electron chi connectivity index (χ4n) is 1.64. The Labute approximate surface area is 103 Å². The Morgan fingerprint density at radius 3 is 2.89 bits per heavy atom. The fourth-order valence-corrected chi connectivity index (χ4v) is 1.64. The second-order valence-electron chi connectivity index (χ2n) is 3.80. The van der Waals surface area contributed by atoms with E-state index in [1.165, 1.54) is 24.5 Å². The van der Waals surface area contributed by atoms with Gasteiger partial charge in [0.25, 0.3) is 0 Å². The van der Waals surface area contributed by atoms with E-state index in [1.807, 2.05) is 0 Å². The van der Waals surface area contributed by atoms with Crippen LogP contribution in [0.5, 0.6) is 0 Å². The highest BCUT2D eigenvalue weighted by atomic mass is 19.1. The first-order chi connectivity index (χ1) is 8.66. The Kier molecular flexibility index (Phi) is 3.74. The molecule has 0 unspecified atom stereocenters. The van der Waals surface area contributed by atoms with Crippen LogP contribution in [0.3, 0.4) is 0 Å². The summed E-state index contributed by atoms with van der Waals surface area (Å²) in [6.07, 6.45) is 1.34. The lowest BCUT2D eigenvalue weighted by Gasteiger charge is -2.04. The molecule has 1 aromatic carbocycles. The van der Waals surface area contributed by atoms with Gasteiger partial charge in [-0.1, -0.05) is 12.1 Å². The lowest BCUT2D eigenvalue weighted by atomic mass is 10.2. The molecule has 1 heterocycles. The van der Waals surface area contributed by atoms with E-state index < -0.39 is 5.97 Å². The number of hydrogen-bond acceptors (Lipinski definition) is 3. The van der Waals surface area contributed by atoms with Crippen molar-refractivity contribution in [1.82, 2.24) is 5.32 Å². The molecule has 0 aliphatic carbocycles. The van der Waals surface area contributed by atoms with Gasteiger partial charge in [-0.3, -0.25) is 0 Å². The molecule has 94 valence electrons. The Morgan fingerprint density at radius 1 is 1.33 bits per heavy atom. The average molecular weight is 249 g/mol. The Bertz CT molecular complexity index is 551. The topological polar surface area (TPSA) is 62.5 Å². The first kappa shape index (κ1) is 12.3. The minimum Gasteiger partial charge on any atom is -0.478 e. The lowest BCUT2D eigenvalue weighted by Crippen LogP contribution is -2.14. The van der Waals surface area contributed by atoms with Crippen molar-refractivity contribution in [3.05, 3.63) is 59.3 Å². The van der Waals surface area contributed by atoms with Gasteiger partial charge in [-0.05, 0) is 23.8 Å². The molecule has 0 bridgehead atoms. The summed E-state index contributed by atoms with van der Waals surface area (Å²) in [6, 6.07) is 7.62. The molecular weight excluding hydrogens is 237 g/mol. The van der Waals surface area contributed by atoms with Crippen LogP contribution in [0.4, 0.5) is 4.39 Å². The van der Waals surface area contributed by atoms with Crippen LogP contribution in [0.2, 0.25) is 0 Å². The molecule has 0 spiro atoms. The van der Waals surface area contributed by atoms with Crippen LogP contribution in [-0.2, 0) is 13.1 Å². The molecule has 2 N–H and O–H groups in total. The molecule has 0 fully saturated rings. The standard InChI is InChI=1S/C13H12FNO3/c14-10-3-1-2-9(6-10)7-15-8-12-11(13(16)17)4-5-18-12/h1-6,15H,7-8H2,(H,16,17). The van der Waals surface area contributed by atoms with Gasteiger partial charge < -0.3 is 14.8 Å². The van der Waals surface area contributed by atoms with Gasteiger partial charge in [0.15, 0.2) is 0 Å². The third-order valence-corrected chi connectivity index (χ3v) is 2.48. The summed E-state index contributed by atoms with van der Waals surface area (Å²) in [6.45, 7) is 0.725. The van der Waals surface area contributed by atoms with Crippen LogP contribution in [0.1, 0.15) is 21.7 Å². The molecule has 18 heavy (non-hydrogen) atoms. The highest BCUT2D eigenvalue weighted by Gasteiger charge is 2.12. The molecule has 5 heteroatoms. The number of benzene rings is 1. The van der Waals surface area contributed by atoms with Gasteiger partial charge in [0.2, 0.25) is 0 Å². The van der Waals surface area contributed by atoms with Crippen LogP contribution in [0, 0.1) is 5.82 Å². The lowest BCUT2D eigenvalue weighted by molar-refractivity contribution is 0.0694. The summed E-state index contributed by atoms with van der Waals surface area (Å²) < 4.78 is 18.0. The zero-order valence-corrected chi connectivity index (χ0v) is 9.52. The van der Waals surface area contributed by atoms with Crippen molar-refractivity contribution in [3.8, 4) is 0 Å².